The molecule has 1 aliphatic heterocycles. The van der Waals surface area contributed by atoms with Crippen molar-refractivity contribution in [1.29, 1.82) is 0 Å². The van der Waals surface area contributed by atoms with E-state index in [9.17, 15) is 0 Å². The second-order valence-electron chi connectivity index (χ2n) is 10.9. The molecule has 0 saturated heterocycles. The third-order valence-corrected chi connectivity index (χ3v) is 9.72. The summed E-state index contributed by atoms with van der Waals surface area (Å²) in [5.41, 5.74) is 9.30. The first kappa shape index (κ1) is 17.1. The average Bonchev–Trinajstić information content (AvgIpc) is 3.13. The van der Waals surface area contributed by atoms with E-state index in [1.807, 2.05) is 0 Å². The van der Waals surface area contributed by atoms with E-state index < -0.39 is 0 Å². The van der Waals surface area contributed by atoms with Gasteiger partial charge in [-0.15, -0.1) is 0 Å². The van der Waals surface area contributed by atoms with E-state index in [2.05, 4.69) is 72.2 Å². The van der Waals surface area contributed by atoms with E-state index >= 15 is 0 Å². The Balaban J connectivity index is 1.56. The zero-order valence-electron chi connectivity index (χ0n) is 18.3. The summed E-state index contributed by atoms with van der Waals surface area (Å²) in [6.45, 7) is 2.27. The van der Waals surface area contributed by atoms with Gasteiger partial charge in [-0.2, -0.15) is 0 Å². The number of para-hydroxylation sites is 2. The van der Waals surface area contributed by atoms with Crippen molar-refractivity contribution in [3.63, 3.8) is 0 Å². The number of fused-ring (bicyclic) bond motifs is 5. The minimum absolute atomic E-state index is 0.224. The van der Waals surface area contributed by atoms with Crippen molar-refractivity contribution in [3.8, 4) is 5.69 Å². The van der Waals surface area contributed by atoms with Crippen molar-refractivity contribution >= 4 is 21.8 Å². The van der Waals surface area contributed by atoms with Crippen LogP contribution in [-0.2, 0) is 11.8 Å². The highest BCUT2D eigenvalue weighted by atomic mass is 15.0. The van der Waals surface area contributed by atoms with Crippen LogP contribution in [0.2, 0.25) is 0 Å². The van der Waals surface area contributed by atoms with E-state index in [4.69, 9.17) is 0 Å². The van der Waals surface area contributed by atoms with Crippen LogP contribution < -0.4 is 0 Å². The highest BCUT2D eigenvalue weighted by Crippen LogP contribution is 2.67. The normalized spacial score (nSPS) is 32.3. The zero-order chi connectivity index (χ0) is 20.3. The molecule has 5 aliphatic rings. The van der Waals surface area contributed by atoms with Crippen LogP contribution in [0.25, 0.3) is 27.5 Å². The summed E-state index contributed by atoms with van der Waals surface area (Å²) in [5.74, 6) is 3.60. The topological polar surface area (TPSA) is 4.93 Å². The minimum Gasteiger partial charge on any atom is -0.309 e. The summed E-state index contributed by atoms with van der Waals surface area (Å²) in [7, 11) is 0. The quantitative estimate of drug-likeness (QED) is 0.312. The molecular formula is C30H29N. The Morgan fingerprint density at radius 1 is 0.774 bits per heavy atom. The first-order valence-electron chi connectivity index (χ1n) is 12.5. The molecule has 0 atom stereocenters. The molecule has 3 aromatic carbocycles. The lowest BCUT2D eigenvalue weighted by atomic mass is 9.41. The third-order valence-electron chi connectivity index (χ3n) is 9.72. The zero-order valence-corrected chi connectivity index (χ0v) is 18.3. The molecular weight excluding hydrogens is 374 g/mol. The third kappa shape index (κ3) is 1.87. The average molecular weight is 404 g/mol. The largest absolute Gasteiger partial charge is 0.309 e. The Labute approximate surface area is 184 Å². The highest BCUT2D eigenvalue weighted by Gasteiger charge is 2.60. The molecule has 4 fully saturated rings. The maximum atomic E-state index is 2.63. The molecule has 9 rings (SSSR count). The number of rotatable bonds is 1. The summed E-state index contributed by atoms with van der Waals surface area (Å²) in [5, 5.41) is 2.88. The van der Waals surface area contributed by atoms with Gasteiger partial charge in [0.15, 0.2) is 0 Å². The van der Waals surface area contributed by atoms with Gasteiger partial charge in [0.25, 0.3) is 0 Å². The van der Waals surface area contributed by atoms with Gasteiger partial charge in [-0.1, -0.05) is 55.5 Å². The molecule has 2 heterocycles. The molecule has 4 saturated carbocycles. The molecule has 1 spiro atoms. The van der Waals surface area contributed by atoms with Crippen molar-refractivity contribution in [2.24, 2.45) is 23.7 Å². The Morgan fingerprint density at radius 2 is 1.52 bits per heavy atom. The van der Waals surface area contributed by atoms with Gasteiger partial charge in [0, 0.05) is 16.2 Å². The van der Waals surface area contributed by atoms with Crippen molar-refractivity contribution < 1.29 is 0 Å². The number of aromatic nitrogens is 1. The van der Waals surface area contributed by atoms with Gasteiger partial charge >= 0.3 is 0 Å². The van der Waals surface area contributed by atoms with E-state index in [-0.39, 0.29) is 5.41 Å². The van der Waals surface area contributed by atoms with E-state index in [1.54, 1.807) is 11.1 Å². The number of hydrogen-bond donors (Lipinski definition) is 0. The van der Waals surface area contributed by atoms with Gasteiger partial charge in [-0.3, -0.25) is 0 Å². The summed E-state index contributed by atoms with van der Waals surface area (Å²) < 4.78 is 2.63. The fourth-order valence-electron chi connectivity index (χ4n) is 8.89. The van der Waals surface area contributed by atoms with Crippen LogP contribution in [0.5, 0.6) is 0 Å². The Kier molecular flexibility index (Phi) is 3.10. The van der Waals surface area contributed by atoms with Crippen LogP contribution >= 0.6 is 0 Å². The Hall–Kier alpha value is -2.54. The van der Waals surface area contributed by atoms with E-state index in [0.29, 0.717) is 0 Å². The summed E-state index contributed by atoms with van der Waals surface area (Å²) >= 11 is 0. The van der Waals surface area contributed by atoms with Gasteiger partial charge in [0.2, 0.25) is 0 Å². The molecule has 1 heteroatoms. The monoisotopic (exact) mass is 403 g/mol. The molecule has 31 heavy (non-hydrogen) atoms. The fourth-order valence-corrected chi connectivity index (χ4v) is 8.89. The smallest absolute Gasteiger partial charge is 0.0582 e. The number of nitrogens with zero attached hydrogens (tertiary/aromatic N) is 1. The maximum Gasteiger partial charge on any atom is 0.0582 e. The first-order chi connectivity index (χ1) is 15.3. The van der Waals surface area contributed by atoms with Crippen LogP contribution in [0.3, 0.4) is 0 Å². The Morgan fingerprint density at radius 3 is 2.29 bits per heavy atom. The Bertz CT molecular complexity index is 1360. The summed E-state index contributed by atoms with van der Waals surface area (Å²) in [4.78, 5) is 0. The van der Waals surface area contributed by atoms with Gasteiger partial charge in [-0.25, -0.2) is 0 Å². The number of aryl methyl sites for hydroxylation is 1. The number of benzene rings is 3. The lowest BCUT2D eigenvalue weighted by Gasteiger charge is -2.63. The summed E-state index contributed by atoms with van der Waals surface area (Å²) in [6.07, 6.45) is 8.36. The lowest BCUT2D eigenvalue weighted by Crippen LogP contribution is -2.57. The maximum absolute atomic E-state index is 2.63. The molecule has 4 aromatic rings. The van der Waals surface area contributed by atoms with Crippen LogP contribution in [0.15, 0.2) is 60.7 Å². The predicted molar refractivity (Wildman–Crippen MR) is 128 cm³/mol. The van der Waals surface area contributed by atoms with Crippen molar-refractivity contribution in [2.75, 3.05) is 0 Å². The SMILES string of the molecule is CCc1ccc2c3cccc4c3n(c2c1)-c1ccccc1C41C2CC3CC(C2)CC1C3. The van der Waals surface area contributed by atoms with Crippen molar-refractivity contribution in [3.05, 3.63) is 77.4 Å². The fraction of sp³-hybridized carbons (Fsp3) is 0.400. The standard InChI is InChI=1S/C30H29N/c1-2-18-10-11-23-24-6-5-8-26-29(24)31(28(23)17-18)27-9-4-3-7-25(27)30(26)21-13-19-12-20(15-21)16-22(30)14-19/h3-11,17,19-22H,2,12-16H2,1H3. The summed E-state index contributed by atoms with van der Waals surface area (Å²) in [6, 6.07) is 23.9. The van der Waals surface area contributed by atoms with Crippen molar-refractivity contribution in [2.45, 2.75) is 50.9 Å². The second kappa shape index (κ2) is 5.63. The molecule has 4 bridgehead atoms. The van der Waals surface area contributed by atoms with Crippen LogP contribution in [0.4, 0.5) is 0 Å². The lowest BCUT2D eigenvalue weighted by molar-refractivity contribution is -0.0418. The van der Waals surface area contributed by atoms with Crippen molar-refractivity contribution in [1.82, 2.24) is 4.57 Å². The van der Waals surface area contributed by atoms with E-state index in [1.165, 1.54) is 65.2 Å². The predicted octanol–water partition coefficient (Wildman–Crippen LogP) is 7.40. The molecule has 1 aromatic heterocycles. The number of hydrogen-bond acceptors (Lipinski definition) is 0. The molecule has 0 N–H and O–H groups in total. The molecule has 1 nitrogen and oxygen atoms in total. The highest BCUT2D eigenvalue weighted by molar-refractivity contribution is 6.11. The molecule has 0 amide bonds. The van der Waals surface area contributed by atoms with Gasteiger partial charge in [-0.05, 0) is 91.0 Å². The van der Waals surface area contributed by atoms with Gasteiger partial charge < -0.3 is 4.57 Å². The van der Waals surface area contributed by atoms with Crippen LogP contribution in [0, 0.1) is 23.7 Å². The van der Waals surface area contributed by atoms with Gasteiger partial charge in [0.05, 0.1) is 16.7 Å². The van der Waals surface area contributed by atoms with Crippen LogP contribution in [0.1, 0.15) is 55.7 Å². The molecule has 154 valence electrons. The van der Waals surface area contributed by atoms with Crippen LogP contribution in [-0.4, -0.2) is 4.57 Å². The van der Waals surface area contributed by atoms with Gasteiger partial charge in [0.1, 0.15) is 0 Å². The van der Waals surface area contributed by atoms with E-state index in [0.717, 1.165) is 30.1 Å². The minimum atomic E-state index is 0.224. The second-order valence-corrected chi connectivity index (χ2v) is 10.9. The first-order valence-corrected chi connectivity index (χ1v) is 12.5. The molecule has 0 radical (unpaired) electrons. The molecule has 0 unspecified atom stereocenters. The molecule has 4 aliphatic carbocycles.